The standard InChI is InChI=1S/C16H25N3O/c1-13(2)20-11-7-5-9-17-12-15-14(3)18-16-8-4-6-10-19(15)16/h4,6,8,10,13,17H,5,7,9,11-12H2,1-3H3. The average Bonchev–Trinajstić information content (AvgIpc) is 2.73. The van der Waals surface area contributed by atoms with Crippen molar-refractivity contribution in [3.63, 3.8) is 0 Å². The summed E-state index contributed by atoms with van der Waals surface area (Å²) in [5.41, 5.74) is 3.37. The summed E-state index contributed by atoms with van der Waals surface area (Å²) >= 11 is 0. The monoisotopic (exact) mass is 275 g/mol. The van der Waals surface area contributed by atoms with Crippen LogP contribution in [0.1, 0.15) is 38.1 Å². The maximum Gasteiger partial charge on any atom is 0.137 e. The van der Waals surface area contributed by atoms with Crippen molar-refractivity contribution < 1.29 is 4.74 Å². The van der Waals surface area contributed by atoms with Crippen LogP contribution in [0.3, 0.4) is 0 Å². The van der Waals surface area contributed by atoms with Crippen LogP contribution < -0.4 is 5.32 Å². The third-order valence-electron chi connectivity index (χ3n) is 3.32. The number of unbranched alkanes of at least 4 members (excludes halogenated alkanes) is 1. The molecule has 4 heteroatoms. The van der Waals surface area contributed by atoms with E-state index < -0.39 is 0 Å². The number of fused-ring (bicyclic) bond motifs is 1. The van der Waals surface area contributed by atoms with Gasteiger partial charge in [-0.25, -0.2) is 4.98 Å². The van der Waals surface area contributed by atoms with Crippen LogP contribution in [0.15, 0.2) is 24.4 Å². The van der Waals surface area contributed by atoms with Gasteiger partial charge in [0.05, 0.1) is 17.5 Å². The molecule has 2 aromatic heterocycles. The number of nitrogens with one attached hydrogen (secondary N) is 1. The molecule has 0 saturated heterocycles. The van der Waals surface area contributed by atoms with Gasteiger partial charge in [-0.05, 0) is 52.3 Å². The Bertz CT molecular complexity index is 534. The van der Waals surface area contributed by atoms with Gasteiger partial charge >= 0.3 is 0 Å². The van der Waals surface area contributed by atoms with Gasteiger partial charge < -0.3 is 14.5 Å². The third kappa shape index (κ3) is 4.05. The minimum atomic E-state index is 0.337. The fourth-order valence-electron chi connectivity index (χ4n) is 2.26. The molecule has 0 unspecified atom stereocenters. The molecule has 0 aliphatic heterocycles. The Balaban J connectivity index is 1.75. The second kappa shape index (κ2) is 7.41. The first-order valence-electron chi connectivity index (χ1n) is 7.43. The zero-order valence-corrected chi connectivity index (χ0v) is 12.7. The van der Waals surface area contributed by atoms with Crippen LogP contribution in [-0.4, -0.2) is 28.6 Å². The average molecular weight is 275 g/mol. The Hall–Kier alpha value is -1.39. The number of rotatable bonds is 8. The third-order valence-corrected chi connectivity index (χ3v) is 3.32. The summed E-state index contributed by atoms with van der Waals surface area (Å²) in [5, 5.41) is 3.49. The molecule has 0 saturated carbocycles. The molecule has 0 bridgehead atoms. The van der Waals surface area contributed by atoms with Gasteiger partial charge in [-0.1, -0.05) is 6.07 Å². The number of pyridine rings is 1. The minimum absolute atomic E-state index is 0.337. The lowest BCUT2D eigenvalue weighted by Crippen LogP contribution is -2.17. The van der Waals surface area contributed by atoms with E-state index in [2.05, 4.69) is 41.7 Å². The van der Waals surface area contributed by atoms with Crippen LogP contribution in [-0.2, 0) is 11.3 Å². The quantitative estimate of drug-likeness (QED) is 0.753. The zero-order valence-electron chi connectivity index (χ0n) is 12.7. The summed E-state index contributed by atoms with van der Waals surface area (Å²) in [6, 6.07) is 6.11. The highest BCUT2D eigenvalue weighted by Gasteiger charge is 2.06. The Morgan fingerprint density at radius 1 is 1.30 bits per heavy atom. The van der Waals surface area contributed by atoms with Crippen molar-refractivity contribution in [2.24, 2.45) is 0 Å². The highest BCUT2D eigenvalue weighted by atomic mass is 16.5. The fraction of sp³-hybridized carbons (Fsp3) is 0.562. The van der Waals surface area contributed by atoms with Crippen molar-refractivity contribution in [1.29, 1.82) is 0 Å². The molecule has 2 aromatic rings. The topological polar surface area (TPSA) is 38.6 Å². The van der Waals surface area contributed by atoms with E-state index in [4.69, 9.17) is 4.74 Å². The van der Waals surface area contributed by atoms with Crippen LogP contribution in [0, 0.1) is 6.92 Å². The molecule has 1 N–H and O–H groups in total. The Morgan fingerprint density at radius 2 is 2.15 bits per heavy atom. The molecule has 0 aromatic carbocycles. The number of hydrogen-bond acceptors (Lipinski definition) is 3. The smallest absolute Gasteiger partial charge is 0.137 e. The van der Waals surface area contributed by atoms with Crippen molar-refractivity contribution in [3.8, 4) is 0 Å². The van der Waals surface area contributed by atoms with Crippen molar-refractivity contribution in [1.82, 2.24) is 14.7 Å². The molecule has 0 atom stereocenters. The molecule has 0 amide bonds. The van der Waals surface area contributed by atoms with Gasteiger partial charge in [0.25, 0.3) is 0 Å². The van der Waals surface area contributed by atoms with E-state index in [1.807, 2.05) is 18.2 Å². The van der Waals surface area contributed by atoms with Crippen molar-refractivity contribution in [2.75, 3.05) is 13.2 Å². The van der Waals surface area contributed by atoms with Gasteiger partial charge in [0, 0.05) is 19.3 Å². The summed E-state index contributed by atoms with van der Waals surface area (Å²) in [5.74, 6) is 0. The number of imidazole rings is 1. The van der Waals surface area contributed by atoms with Gasteiger partial charge in [-0.15, -0.1) is 0 Å². The van der Waals surface area contributed by atoms with Crippen molar-refractivity contribution in [3.05, 3.63) is 35.8 Å². The second-order valence-corrected chi connectivity index (χ2v) is 5.38. The molecule has 0 fully saturated rings. The van der Waals surface area contributed by atoms with Crippen LogP contribution in [0.25, 0.3) is 5.65 Å². The molecular formula is C16H25N3O. The molecule has 0 aliphatic carbocycles. The van der Waals surface area contributed by atoms with Crippen molar-refractivity contribution >= 4 is 5.65 Å². The van der Waals surface area contributed by atoms with E-state index in [0.29, 0.717) is 6.10 Å². The zero-order chi connectivity index (χ0) is 14.4. The van der Waals surface area contributed by atoms with Gasteiger partial charge in [-0.3, -0.25) is 0 Å². The molecule has 0 radical (unpaired) electrons. The maximum atomic E-state index is 5.53. The predicted octanol–water partition coefficient (Wildman–Crippen LogP) is 2.94. The van der Waals surface area contributed by atoms with E-state index in [1.54, 1.807) is 0 Å². The normalized spacial score (nSPS) is 11.6. The fourth-order valence-corrected chi connectivity index (χ4v) is 2.26. The number of nitrogens with zero attached hydrogens (tertiary/aromatic N) is 2. The summed E-state index contributed by atoms with van der Waals surface area (Å²) in [7, 11) is 0. The lowest BCUT2D eigenvalue weighted by atomic mass is 10.3. The Labute approximate surface area is 121 Å². The highest BCUT2D eigenvalue weighted by Crippen LogP contribution is 2.11. The SMILES string of the molecule is Cc1nc2ccccn2c1CNCCCCOC(C)C. The first kappa shape index (κ1) is 15.0. The molecule has 2 rings (SSSR count). The molecule has 0 aliphatic rings. The summed E-state index contributed by atoms with van der Waals surface area (Å²) < 4.78 is 7.69. The number of hydrogen-bond donors (Lipinski definition) is 1. The summed E-state index contributed by atoms with van der Waals surface area (Å²) in [6.45, 7) is 8.95. The molecule has 2 heterocycles. The Morgan fingerprint density at radius 3 is 2.95 bits per heavy atom. The lowest BCUT2D eigenvalue weighted by Gasteiger charge is -2.08. The minimum Gasteiger partial charge on any atom is -0.379 e. The van der Waals surface area contributed by atoms with E-state index in [9.17, 15) is 0 Å². The molecule has 20 heavy (non-hydrogen) atoms. The first-order valence-corrected chi connectivity index (χ1v) is 7.43. The number of aromatic nitrogens is 2. The van der Waals surface area contributed by atoms with Gasteiger partial charge in [-0.2, -0.15) is 0 Å². The van der Waals surface area contributed by atoms with Crippen LogP contribution in [0.4, 0.5) is 0 Å². The molecule has 0 spiro atoms. The maximum absolute atomic E-state index is 5.53. The van der Waals surface area contributed by atoms with Crippen LogP contribution >= 0.6 is 0 Å². The lowest BCUT2D eigenvalue weighted by molar-refractivity contribution is 0.0760. The van der Waals surface area contributed by atoms with Gasteiger partial charge in [0.2, 0.25) is 0 Å². The number of aryl methyl sites for hydroxylation is 1. The Kier molecular flexibility index (Phi) is 5.56. The van der Waals surface area contributed by atoms with Crippen LogP contribution in [0.5, 0.6) is 0 Å². The number of ether oxygens (including phenoxy) is 1. The van der Waals surface area contributed by atoms with Gasteiger partial charge in [0.1, 0.15) is 5.65 Å². The van der Waals surface area contributed by atoms with Crippen molar-refractivity contribution in [2.45, 2.75) is 46.3 Å². The van der Waals surface area contributed by atoms with Gasteiger partial charge in [0.15, 0.2) is 0 Å². The van der Waals surface area contributed by atoms with E-state index in [1.165, 1.54) is 5.69 Å². The largest absolute Gasteiger partial charge is 0.379 e. The van der Waals surface area contributed by atoms with E-state index in [-0.39, 0.29) is 0 Å². The van der Waals surface area contributed by atoms with E-state index >= 15 is 0 Å². The molecular weight excluding hydrogens is 250 g/mol. The van der Waals surface area contributed by atoms with E-state index in [0.717, 1.165) is 43.9 Å². The van der Waals surface area contributed by atoms with Crippen LogP contribution in [0.2, 0.25) is 0 Å². The first-order chi connectivity index (χ1) is 9.68. The molecule has 4 nitrogen and oxygen atoms in total. The highest BCUT2D eigenvalue weighted by molar-refractivity contribution is 5.42. The molecule has 110 valence electrons. The second-order valence-electron chi connectivity index (χ2n) is 5.38. The summed E-state index contributed by atoms with van der Waals surface area (Å²) in [4.78, 5) is 4.56. The predicted molar refractivity (Wildman–Crippen MR) is 82.0 cm³/mol. The summed E-state index contributed by atoms with van der Waals surface area (Å²) in [6.07, 6.45) is 4.66.